The second-order valence-corrected chi connectivity index (χ2v) is 3.76. The molecular weight excluding hydrogens is 242 g/mol. The van der Waals surface area contributed by atoms with Gasteiger partial charge >= 0.3 is 5.97 Å². The highest BCUT2D eigenvalue weighted by molar-refractivity contribution is 5.72. The fourth-order valence-electron chi connectivity index (χ4n) is 1.71. The van der Waals surface area contributed by atoms with Crippen LogP contribution in [0.25, 0.3) is 0 Å². The maximum atomic E-state index is 12.9. The van der Waals surface area contributed by atoms with Crippen LogP contribution in [0, 0.1) is 6.92 Å². The molecule has 0 aliphatic rings. The Morgan fingerprint density at radius 2 is 2.22 bits per heavy atom. The maximum absolute atomic E-state index is 12.9. The molecule has 0 saturated heterocycles. The Kier molecular flexibility index (Phi) is 5.15. The topological polar surface area (TPSA) is 65.2 Å². The van der Waals surface area contributed by atoms with Gasteiger partial charge in [0, 0.05) is 18.3 Å². The van der Waals surface area contributed by atoms with Gasteiger partial charge < -0.3 is 10.5 Å². The standard InChI is InChI=1S/C12H16F2N2O2/c1-3-18-10(17)4-9-7(2)11(12(13)14)8(5-15)6-16-9/h6,12H,3-5,15H2,1-2H3. The zero-order valence-electron chi connectivity index (χ0n) is 10.4. The third-order valence-corrected chi connectivity index (χ3v) is 2.61. The molecule has 1 heterocycles. The second kappa shape index (κ2) is 6.39. The molecule has 0 spiro atoms. The van der Waals surface area contributed by atoms with Crippen LogP contribution in [-0.2, 0) is 22.5 Å². The number of carbonyl (C=O) groups is 1. The first kappa shape index (κ1) is 14.5. The van der Waals surface area contributed by atoms with Gasteiger partial charge in [-0.25, -0.2) is 8.78 Å². The van der Waals surface area contributed by atoms with E-state index in [1.54, 1.807) is 6.92 Å². The summed E-state index contributed by atoms with van der Waals surface area (Å²) in [6.45, 7) is 3.44. The molecule has 0 aromatic carbocycles. The highest BCUT2D eigenvalue weighted by Crippen LogP contribution is 2.27. The van der Waals surface area contributed by atoms with Gasteiger partial charge in [-0.3, -0.25) is 9.78 Å². The summed E-state index contributed by atoms with van der Waals surface area (Å²) in [5, 5.41) is 0. The number of ether oxygens (including phenoxy) is 1. The molecule has 0 aliphatic heterocycles. The van der Waals surface area contributed by atoms with Gasteiger partial charge in [0.05, 0.1) is 18.7 Å². The molecule has 1 aromatic heterocycles. The van der Waals surface area contributed by atoms with Gasteiger partial charge in [-0.05, 0) is 25.0 Å². The predicted octanol–water partition coefficient (Wildman–Crippen LogP) is 1.89. The molecule has 0 bridgehead atoms. The van der Waals surface area contributed by atoms with Crippen LogP contribution < -0.4 is 5.73 Å². The van der Waals surface area contributed by atoms with Crippen molar-refractivity contribution in [3.63, 3.8) is 0 Å². The lowest BCUT2D eigenvalue weighted by atomic mass is 10.0. The van der Waals surface area contributed by atoms with Crippen LogP contribution >= 0.6 is 0 Å². The fourth-order valence-corrected chi connectivity index (χ4v) is 1.71. The molecule has 0 radical (unpaired) electrons. The van der Waals surface area contributed by atoms with Crippen LogP contribution in [0.5, 0.6) is 0 Å². The smallest absolute Gasteiger partial charge is 0.311 e. The Morgan fingerprint density at radius 1 is 1.56 bits per heavy atom. The SMILES string of the molecule is CCOC(=O)Cc1ncc(CN)c(C(F)F)c1C. The van der Waals surface area contributed by atoms with E-state index in [0.717, 1.165) is 0 Å². The number of alkyl halides is 2. The van der Waals surface area contributed by atoms with Crippen molar-refractivity contribution in [2.75, 3.05) is 6.61 Å². The largest absolute Gasteiger partial charge is 0.466 e. The Balaban J connectivity index is 3.08. The molecule has 1 rings (SSSR count). The third-order valence-electron chi connectivity index (χ3n) is 2.61. The van der Waals surface area contributed by atoms with Gasteiger partial charge in [0.15, 0.2) is 0 Å². The van der Waals surface area contributed by atoms with E-state index < -0.39 is 12.4 Å². The van der Waals surface area contributed by atoms with Crippen molar-refractivity contribution in [3.05, 3.63) is 28.6 Å². The van der Waals surface area contributed by atoms with Crippen molar-refractivity contribution >= 4 is 5.97 Å². The molecule has 4 nitrogen and oxygen atoms in total. The number of nitrogens with zero attached hydrogens (tertiary/aromatic N) is 1. The van der Waals surface area contributed by atoms with E-state index in [0.29, 0.717) is 16.8 Å². The number of esters is 1. The molecule has 0 saturated carbocycles. The highest BCUT2D eigenvalue weighted by Gasteiger charge is 2.20. The minimum Gasteiger partial charge on any atom is -0.466 e. The van der Waals surface area contributed by atoms with Crippen LogP contribution in [0.4, 0.5) is 8.78 Å². The fraction of sp³-hybridized carbons (Fsp3) is 0.500. The van der Waals surface area contributed by atoms with Gasteiger partial charge in [-0.2, -0.15) is 0 Å². The van der Waals surface area contributed by atoms with E-state index in [2.05, 4.69) is 4.98 Å². The number of hydrogen-bond donors (Lipinski definition) is 1. The van der Waals surface area contributed by atoms with Crippen LogP contribution in [0.15, 0.2) is 6.20 Å². The molecule has 0 atom stereocenters. The molecule has 0 amide bonds. The Labute approximate surface area is 104 Å². The number of aromatic nitrogens is 1. The lowest BCUT2D eigenvalue weighted by Gasteiger charge is -2.13. The first-order chi connectivity index (χ1) is 8.51. The monoisotopic (exact) mass is 258 g/mol. The van der Waals surface area contributed by atoms with Crippen LogP contribution in [0.2, 0.25) is 0 Å². The van der Waals surface area contributed by atoms with E-state index in [-0.39, 0.29) is 25.1 Å². The van der Waals surface area contributed by atoms with E-state index in [1.807, 2.05) is 0 Å². The number of pyridine rings is 1. The van der Waals surface area contributed by atoms with Crippen molar-refractivity contribution in [3.8, 4) is 0 Å². The van der Waals surface area contributed by atoms with Crippen LogP contribution in [0.1, 0.15) is 35.7 Å². The average molecular weight is 258 g/mol. The van der Waals surface area contributed by atoms with Crippen LogP contribution in [0.3, 0.4) is 0 Å². The molecule has 1 aromatic rings. The van der Waals surface area contributed by atoms with Crippen molar-refractivity contribution in [2.45, 2.75) is 33.2 Å². The van der Waals surface area contributed by atoms with Gasteiger partial charge in [0.25, 0.3) is 6.43 Å². The average Bonchev–Trinajstić information content (AvgIpc) is 2.31. The van der Waals surface area contributed by atoms with Gasteiger partial charge in [0.1, 0.15) is 0 Å². The summed E-state index contributed by atoms with van der Waals surface area (Å²) < 4.78 is 30.6. The number of nitrogens with two attached hydrogens (primary N) is 1. The van der Waals surface area contributed by atoms with Gasteiger partial charge in [-0.1, -0.05) is 0 Å². The molecule has 0 aliphatic carbocycles. The van der Waals surface area contributed by atoms with Crippen molar-refractivity contribution in [1.82, 2.24) is 4.98 Å². The minimum absolute atomic E-state index is 0.00675. The summed E-state index contributed by atoms with van der Waals surface area (Å²) >= 11 is 0. The first-order valence-corrected chi connectivity index (χ1v) is 5.62. The predicted molar refractivity (Wildman–Crippen MR) is 62.2 cm³/mol. The normalized spacial score (nSPS) is 10.8. The summed E-state index contributed by atoms with van der Waals surface area (Å²) in [5.41, 5.74) is 6.17. The molecule has 6 heteroatoms. The van der Waals surface area contributed by atoms with E-state index in [4.69, 9.17) is 10.5 Å². The molecule has 0 unspecified atom stereocenters. The van der Waals surface area contributed by atoms with Crippen molar-refractivity contribution in [2.24, 2.45) is 5.73 Å². The molecule has 100 valence electrons. The summed E-state index contributed by atoms with van der Waals surface area (Å²) in [7, 11) is 0. The number of carbonyl (C=O) groups excluding carboxylic acids is 1. The summed E-state index contributed by atoms with van der Waals surface area (Å²) in [5.74, 6) is -0.478. The Hall–Kier alpha value is -1.56. The second-order valence-electron chi connectivity index (χ2n) is 3.76. The van der Waals surface area contributed by atoms with Gasteiger partial charge in [0.2, 0.25) is 0 Å². The zero-order valence-corrected chi connectivity index (χ0v) is 10.4. The van der Waals surface area contributed by atoms with Crippen LogP contribution in [-0.4, -0.2) is 17.6 Å². The van der Waals surface area contributed by atoms with E-state index in [9.17, 15) is 13.6 Å². The quantitative estimate of drug-likeness (QED) is 0.819. The summed E-state index contributed by atoms with van der Waals surface area (Å²) in [6.07, 6.45) is -1.44. The lowest BCUT2D eigenvalue weighted by molar-refractivity contribution is -0.142. The van der Waals surface area contributed by atoms with E-state index >= 15 is 0 Å². The third kappa shape index (κ3) is 3.22. The highest BCUT2D eigenvalue weighted by atomic mass is 19.3. The van der Waals surface area contributed by atoms with Gasteiger partial charge in [-0.15, -0.1) is 0 Å². The minimum atomic E-state index is -2.63. The number of rotatable bonds is 5. The Morgan fingerprint density at radius 3 is 2.72 bits per heavy atom. The zero-order chi connectivity index (χ0) is 13.7. The lowest BCUT2D eigenvalue weighted by Crippen LogP contribution is -2.13. The maximum Gasteiger partial charge on any atom is 0.311 e. The van der Waals surface area contributed by atoms with Crippen molar-refractivity contribution in [1.29, 1.82) is 0 Å². The molecule has 0 fully saturated rings. The summed E-state index contributed by atoms with van der Waals surface area (Å²) in [6, 6.07) is 0. The van der Waals surface area contributed by atoms with E-state index in [1.165, 1.54) is 13.1 Å². The molecule has 2 N–H and O–H groups in total. The van der Waals surface area contributed by atoms with Crippen molar-refractivity contribution < 1.29 is 18.3 Å². The number of hydrogen-bond acceptors (Lipinski definition) is 4. The number of halogens is 2. The molecule has 18 heavy (non-hydrogen) atoms. The first-order valence-electron chi connectivity index (χ1n) is 5.62. The molecular formula is C12H16F2N2O2. The Bertz CT molecular complexity index is 436. The summed E-state index contributed by atoms with van der Waals surface area (Å²) in [4.78, 5) is 15.3.